The molecule has 0 amide bonds. The second-order valence-electron chi connectivity index (χ2n) is 7.73. The number of rotatable bonds is 6. The summed E-state index contributed by atoms with van der Waals surface area (Å²) in [4.78, 5) is 19.1. The number of aromatic amines is 1. The predicted molar refractivity (Wildman–Crippen MR) is 133 cm³/mol. The number of benzene rings is 2. The maximum absolute atomic E-state index is 12.8. The molecule has 2 N–H and O–H groups in total. The van der Waals surface area contributed by atoms with Crippen LogP contribution in [0.4, 0.5) is 0 Å². The first-order chi connectivity index (χ1) is 15.0. The van der Waals surface area contributed by atoms with E-state index in [0.29, 0.717) is 23.8 Å². The third kappa shape index (κ3) is 5.21. The van der Waals surface area contributed by atoms with Gasteiger partial charge in [0, 0.05) is 16.0 Å². The van der Waals surface area contributed by atoms with Crippen molar-refractivity contribution in [2.75, 3.05) is 0 Å². The lowest BCUT2D eigenvalue weighted by molar-refractivity contribution is 0.395. The van der Waals surface area contributed by atoms with Crippen molar-refractivity contribution in [3.63, 3.8) is 0 Å². The molecule has 158 valence electrons. The molecule has 0 aliphatic rings. The topological polar surface area (TPSA) is 48.1 Å². The molecular formula is C25H25N3OS2. The van der Waals surface area contributed by atoms with Gasteiger partial charge in [0.25, 0.3) is 5.56 Å². The van der Waals surface area contributed by atoms with Crippen LogP contribution >= 0.6 is 23.6 Å². The fourth-order valence-corrected chi connectivity index (χ4v) is 4.61. The Kier molecular flexibility index (Phi) is 6.49. The summed E-state index contributed by atoms with van der Waals surface area (Å²) >= 11 is 7.48. The summed E-state index contributed by atoms with van der Waals surface area (Å²) in [6, 6.07) is 22.4. The van der Waals surface area contributed by atoms with E-state index in [1.165, 1.54) is 10.4 Å². The quantitative estimate of drug-likeness (QED) is 0.381. The molecule has 0 bridgehead atoms. The van der Waals surface area contributed by atoms with Crippen LogP contribution in [0.15, 0.2) is 76.9 Å². The summed E-state index contributed by atoms with van der Waals surface area (Å²) in [5, 5.41) is 7.16. The Morgan fingerprint density at radius 2 is 1.90 bits per heavy atom. The van der Waals surface area contributed by atoms with E-state index in [2.05, 4.69) is 58.7 Å². The zero-order valence-corrected chi connectivity index (χ0v) is 19.2. The zero-order chi connectivity index (χ0) is 21.8. The second-order valence-corrected chi connectivity index (χ2v) is 9.15. The van der Waals surface area contributed by atoms with Gasteiger partial charge in [-0.3, -0.25) is 4.79 Å². The van der Waals surface area contributed by atoms with Crippen molar-refractivity contribution in [1.82, 2.24) is 15.2 Å². The lowest BCUT2D eigenvalue weighted by atomic mass is 10.1. The van der Waals surface area contributed by atoms with E-state index in [1.807, 2.05) is 42.5 Å². The normalized spacial score (nSPS) is 11.9. The molecule has 0 aliphatic carbocycles. The number of H-pyrrole nitrogens is 1. The summed E-state index contributed by atoms with van der Waals surface area (Å²) in [5.74, 6) is 0. The van der Waals surface area contributed by atoms with Crippen molar-refractivity contribution >= 4 is 39.6 Å². The molecule has 2 heterocycles. The Bertz CT molecular complexity index is 1230. The molecule has 0 saturated carbocycles. The molecule has 1 atom stereocenters. The van der Waals surface area contributed by atoms with Crippen molar-refractivity contribution in [2.45, 2.75) is 33.0 Å². The Morgan fingerprint density at radius 3 is 2.65 bits per heavy atom. The minimum absolute atomic E-state index is 0.0667. The molecule has 6 heteroatoms. The molecule has 0 unspecified atom stereocenters. The maximum Gasteiger partial charge on any atom is 0.253 e. The third-order valence-corrected chi connectivity index (χ3v) is 6.53. The van der Waals surface area contributed by atoms with E-state index >= 15 is 0 Å². The fourth-order valence-electron chi connectivity index (χ4n) is 3.59. The van der Waals surface area contributed by atoms with Gasteiger partial charge in [0.2, 0.25) is 0 Å². The van der Waals surface area contributed by atoms with Crippen molar-refractivity contribution in [1.29, 1.82) is 0 Å². The number of thiophene rings is 1. The van der Waals surface area contributed by atoms with Crippen molar-refractivity contribution in [2.24, 2.45) is 0 Å². The molecule has 31 heavy (non-hydrogen) atoms. The van der Waals surface area contributed by atoms with Crippen LogP contribution in [0.2, 0.25) is 0 Å². The molecular weight excluding hydrogens is 422 g/mol. The van der Waals surface area contributed by atoms with Crippen LogP contribution < -0.4 is 10.9 Å². The van der Waals surface area contributed by atoms with Gasteiger partial charge in [-0.25, -0.2) is 0 Å². The number of aromatic nitrogens is 1. The number of hydrogen-bond donors (Lipinski definition) is 2. The summed E-state index contributed by atoms with van der Waals surface area (Å²) in [6.07, 6.45) is 0. The van der Waals surface area contributed by atoms with Gasteiger partial charge in [0.1, 0.15) is 0 Å². The average Bonchev–Trinajstić information content (AvgIpc) is 3.27. The van der Waals surface area contributed by atoms with Gasteiger partial charge in [-0.1, -0.05) is 48.0 Å². The summed E-state index contributed by atoms with van der Waals surface area (Å²) in [5.41, 5.74) is 3.80. The van der Waals surface area contributed by atoms with Gasteiger partial charge >= 0.3 is 0 Å². The standard InChI is InChI=1S/C25H25N3OS2/c1-17-10-11-23-20(13-17)14-21(24(29)27-23)15-28(16-22-9-6-12-31-22)25(30)26-18(2)19-7-4-3-5-8-19/h3-14,18H,15-16H2,1-2H3,(H,26,30)(H,27,29)/t18-/m1/s1. The molecule has 0 fully saturated rings. The monoisotopic (exact) mass is 447 g/mol. The highest BCUT2D eigenvalue weighted by Gasteiger charge is 2.17. The molecule has 2 aromatic carbocycles. The zero-order valence-electron chi connectivity index (χ0n) is 17.6. The van der Waals surface area contributed by atoms with Gasteiger partial charge in [0.05, 0.1) is 19.1 Å². The molecule has 0 aliphatic heterocycles. The molecule has 4 nitrogen and oxygen atoms in total. The van der Waals surface area contributed by atoms with E-state index < -0.39 is 0 Å². The Hall–Kier alpha value is -2.96. The number of hydrogen-bond acceptors (Lipinski definition) is 3. The Labute approximate surface area is 191 Å². The number of fused-ring (bicyclic) bond motifs is 1. The van der Waals surface area contributed by atoms with E-state index in [9.17, 15) is 4.79 Å². The van der Waals surface area contributed by atoms with Crippen molar-refractivity contribution < 1.29 is 0 Å². The number of pyridine rings is 1. The van der Waals surface area contributed by atoms with Crippen molar-refractivity contribution in [3.8, 4) is 0 Å². The van der Waals surface area contributed by atoms with Gasteiger partial charge in [-0.05, 0) is 66.7 Å². The Balaban J connectivity index is 1.60. The predicted octanol–water partition coefficient (Wildman–Crippen LogP) is 5.54. The first-order valence-corrected chi connectivity index (χ1v) is 11.5. The van der Waals surface area contributed by atoms with Crippen LogP contribution in [0.5, 0.6) is 0 Å². The summed E-state index contributed by atoms with van der Waals surface area (Å²) in [7, 11) is 0. The molecule has 4 aromatic rings. The number of nitrogens with zero attached hydrogens (tertiary/aromatic N) is 1. The van der Waals surface area contributed by atoms with Crippen LogP contribution in [0.25, 0.3) is 10.9 Å². The van der Waals surface area contributed by atoms with Crippen LogP contribution in [0, 0.1) is 6.92 Å². The number of aryl methyl sites for hydroxylation is 1. The third-order valence-electron chi connectivity index (χ3n) is 5.29. The molecule has 0 saturated heterocycles. The molecule has 0 spiro atoms. The maximum atomic E-state index is 12.8. The second kappa shape index (κ2) is 9.45. The van der Waals surface area contributed by atoms with Crippen LogP contribution in [-0.4, -0.2) is 15.0 Å². The highest BCUT2D eigenvalue weighted by Crippen LogP contribution is 2.18. The molecule has 2 aromatic heterocycles. The summed E-state index contributed by atoms with van der Waals surface area (Å²) < 4.78 is 0. The van der Waals surface area contributed by atoms with Crippen molar-refractivity contribution in [3.05, 3.63) is 104 Å². The minimum Gasteiger partial charge on any atom is -0.356 e. The van der Waals surface area contributed by atoms with E-state index in [4.69, 9.17) is 12.2 Å². The van der Waals surface area contributed by atoms with Gasteiger partial charge in [-0.15, -0.1) is 11.3 Å². The van der Waals surface area contributed by atoms with Gasteiger partial charge < -0.3 is 15.2 Å². The van der Waals surface area contributed by atoms with E-state index in [1.54, 1.807) is 11.3 Å². The summed E-state index contributed by atoms with van der Waals surface area (Å²) in [6.45, 7) is 5.23. The lowest BCUT2D eigenvalue weighted by Crippen LogP contribution is -2.40. The SMILES string of the molecule is Cc1ccc2[nH]c(=O)c(CN(Cc3cccs3)C(=S)N[C@H](C)c3ccccc3)cc2c1. The average molecular weight is 448 g/mol. The first-order valence-electron chi connectivity index (χ1n) is 10.2. The van der Waals surface area contributed by atoms with Crippen LogP contribution in [0.3, 0.4) is 0 Å². The smallest absolute Gasteiger partial charge is 0.253 e. The molecule has 0 radical (unpaired) electrons. The molecule has 4 rings (SSSR count). The number of thiocarbonyl (C=S) groups is 1. The van der Waals surface area contributed by atoms with E-state index in [0.717, 1.165) is 16.5 Å². The van der Waals surface area contributed by atoms with Crippen LogP contribution in [-0.2, 0) is 13.1 Å². The largest absolute Gasteiger partial charge is 0.356 e. The highest BCUT2D eigenvalue weighted by atomic mass is 32.1. The van der Waals surface area contributed by atoms with E-state index in [-0.39, 0.29) is 11.6 Å². The highest BCUT2D eigenvalue weighted by molar-refractivity contribution is 7.80. The minimum atomic E-state index is -0.0774. The van der Waals surface area contributed by atoms with Crippen LogP contribution in [0.1, 0.15) is 34.5 Å². The first kappa shape index (κ1) is 21.3. The lowest BCUT2D eigenvalue weighted by Gasteiger charge is -2.28. The van der Waals surface area contributed by atoms with Gasteiger partial charge in [0.15, 0.2) is 5.11 Å². The van der Waals surface area contributed by atoms with Gasteiger partial charge in [-0.2, -0.15) is 0 Å². The fraction of sp³-hybridized carbons (Fsp3) is 0.200. The number of nitrogens with one attached hydrogen (secondary N) is 2. The Morgan fingerprint density at radius 1 is 1.10 bits per heavy atom.